The first-order valence-corrected chi connectivity index (χ1v) is 20.8. The van der Waals surface area contributed by atoms with Gasteiger partial charge >= 0.3 is 5.69 Å². The summed E-state index contributed by atoms with van der Waals surface area (Å²) in [5.41, 5.74) is 10.8. The Labute approximate surface area is 354 Å². The number of fused-ring (bicyclic) bond motifs is 3. The Morgan fingerprint density at radius 1 is 0.984 bits per heavy atom. The number of aromatic nitrogens is 7. The first-order valence-electron chi connectivity index (χ1n) is 20.8. The van der Waals surface area contributed by atoms with Crippen molar-refractivity contribution in [2.24, 2.45) is 17.9 Å². The van der Waals surface area contributed by atoms with Crippen LogP contribution in [0.25, 0.3) is 33.6 Å². The van der Waals surface area contributed by atoms with Crippen LogP contribution in [-0.2, 0) is 23.6 Å². The largest absolute Gasteiger partial charge is 0.409 e. The van der Waals surface area contributed by atoms with E-state index in [0.29, 0.717) is 96.0 Å². The third-order valence-corrected chi connectivity index (χ3v) is 13.1. The van der Waals surface area contributed by atoms with E-state index in [1.54, 1.807) is 65.6 Å². The number of hydrogen-bond donors (Lipinski definition) is 2. The molecule has 0 spiro atoms. The minimum atomic E-state index is -0.834. The number of pyridine rings is 1. The number of carbonyl (C=O) groups is 1. The molecule has 2 fully saturated rings. The van der Waals surface area contributed by atoms with Crippen molar-refractivity contribution in [3.63, 3.8) is 0 Å². The van der Waals surface area contributed by atoms with Gasteiger partial charge in [0.05, 0.1) is 74.6 Å². The van der Waals surface area contributed by atoms with Gasteiger partial charge in [-0.1, -0.05) is 5.16 Å². The molecule has 0 bridgehead atoms. The van der Waals surface area contributed by atoms with Gasteiger partial charge in [-0.05, 0) is 95.0 Å². The molecule has 3 aliphatic rings. The molecule has 15 nitrogen and oxygen atoms in total. The molecular weight excluding hydrogens is 797 g/mol. The number of aryl methyl sites for hydroxylation is 3. The number of halogens is 2. The maximum absolute atomic E-state index is 16.1. The Morgan fingerprint density at radius 3 is 2.42 bits per heavy atom. The Kier molecular flexibility index (Phi) is 8.82. The van der Waals surface area contributed by atoms with Crippen molar-refractivity contribution in [3.8, 4) is 17.2 Å². The summed E-state index contributed by atoms with van der Waals surface area (Å²) in [5, 5.41) is 22.9. The third-order valence-electron chi connectivity index (χ3n) is 13.1. The maximum Gasteiger partial charge on any atom is 0.338 e. The lowest BCUT2D eigenvalue weighted by atomic mass is 9.90. The van der Waals surface area contributed by atoms with Crippen LogP contribution in [0.5, 0.6) is 0 Å². The molecule has 17 heteroatoms. The summed E-state index contributed by atoms with van der Waals surface area (Å²) in [7, 11) is 1.72. The summed E-state index contributed by atoms with van der Waals surface area (Å²) in [6.45, 7) is 11.6. The molecule has 3 N–H and O–H groups in total. The van der Waals surface area contributed by atoms with Gasteiger partial charge in [-0.25, -0.2) is 18.3 Å². The van der Waals surface area contributed by atoms with Gasteiger partial charge in [-0.3, -0.25) is 18.6 Å². The lowest BCUT2D eigenvalue weighted by molar-refractivity contribution is -0.0277. The fraction of sp³-hybridized carbons (Fsp3) is 0.356. The SMILES string of the molecule is Cc1cc(-n2nc3c(c2-n2ccn(-c4ccc5c(cnn5C)c4F)c2=O)[C@H](C)N(C(=O)c2cn4cc(N5CCOC(C)(C)C5)ccc4c2C2(/C(N)=N/O)CC2)CC3)cc(C)c1F. The van der Waals surface area contributed by atoms with Crippen molar-refractivity contribution < 1.29 is 23.5 Å². The third kappa shape index (κ3) is 5.88. The van der Waals surface area contributed by atoms with Crippen molar-refractivity contribution >= 4 is 33.8 Å². The van der Waals surface area contributed by atoms with Crippen LogP contribution in [0.3, 0.4) is 0 Å². The number of hydrogen-bond acceptors (Lipinski definition) is 8. The molecule has 1 atom stereocenters. The summed E-state index contributed by atoms with van der Waals surface area (Å²) < 4.78 is 44.9. The van der Waals surface area contributed by atoms with E-state index < -0.39 is 23.0 Å². The molecule has 0 unspecified atom stereocenters. The van der Waals surface area contributed by atoms with E-state index in [-0.39, 0.29) is 34.2 Å². The molecule has 1 saturated heterocycles. The molecule has 2 aliphatic heterocycles. The summed E-state index contributed by atoms with van der Waals surface area (Å²) in [4.78, 5) is 33.9. The molecule has 1 aliphatic carbocycles. The van der Waals surface area contributed by atoms with E-state index in [4.69, 9.17) is 15.6 Å². The quantitative estimate of drug-likeness (QED) is 0.0857. The van der Waals surface area contributed by atoms with Gasteiger partial charge in [-0.15, -0.1) is 0 Å². The monoisotopic (exact) mass is 843 g/mol. The Hall–Kier alpha value is -6.75. The minimum absolute atomic E-state index is 0.0426. The first kappa shape index (κ1) is 39.4. The van der Waals surface area contributed by atoms with E-state index in [1.807, 2.05) is 35.9 Å². The Balaban J connectivity index is 1.11. The highest BCUT2D eigenvalue weighted by Gasteiger charge is 2.53. The van der Waals surface area contributed by atoms with Crippen molar-refractivity contribution in [1.29, 1.82) is 0 Å². The second-order valence-corrected chi connectivity index (χ2v) is 17.5. The second-order valence-electron chi connectivity index (χ2n) is 17.5. The number of amides is 1. The lowest BCUT2D eigenvalue weighted by Gasteiger charge is -2.39. The molecule has 2 aromatic carbocycles. The molecular formula is C45H47F2N11O4. The molecule has 5 aromatic heterocycles. The number of nitrogens with zero attached hydrogens (tertiary/aromatic N) is 10. The number of morpholine rings is 1. The van der Waals surface area contributed by atoms with Gasteiger partial charge in [0.15, 0.2) is 5.82 Å². The van der Waals surface area contributed by atoms with Gasteiger partial charge in [0.2, 0.25) is 0 Å². The number of anilines is 1. The van der Waals surface area contributed by atoms with Gasteiger partial charge in [-0.2, -0.15) is 10.2 Å². The molecule has 0 radical (unpaired) electrons. The summed E-state index contributed by atoms with van der Waals surface area (Å²) in [5.74, 6) is -0.824. The van der Waals surface area contributed by atoms with Crippen LogP contribution in [0.2, 0.25) is 0 Å². The summed E-state index contributed by atoms with van der Waals surface area (Å²) >= 11 is 0. The average Bonchev–Trinajstić information content (AvgIpc) is 3.48. The van der Waals surface area contributed by atoms with Gasteiger partial charge in [0.25, 0.3) is 5.91 Å². The molecule has 7 aromatic rings. The Morgan fingerprint density at radius 2 is 1.71 bits per heavy atom. The molecule has 320 valence electrons. The van der Waals surface area contributed by atoms with Crippen LogP contribution >= 0.6 is 0 Å². The van der Waals surface area contributed by atoms with Crippen molar-refractivity contribution in [1.82, 2.24) is 38.0 Å². The zero-order chi connectivity index (χ0) is 43.6. The normalized spacial score (nSPS) is 18.5. The van der Waals surface area contributed by atoms with Crippen molar-refractivity contribution in [2.75, 3.05) is 31.1 Å². The Bertz CT molecular complexity index is 3070. The topological polar surface area (TPSA) is 158 Å². The zero-order valence-corrected chi connectivity index (χ0v) is 35.4. The van der Waals surface area contributed by atoms with Crippen LogP contribution in [0.1, 0.15) is 78.0 Å². The minimum Gasteiger partial charge on any atom is -0.409 e. The van der Waals surface area contributed by atoms with Gasteiger partial charge in [0, 0.05) is 69.0 Å². The van der Waals surface area contributed by atoms with E-state index in [0.717, 1.165) is 11.2 Å². The highest BCUT2D eigenvalue weighted by molar-refractivity contribution is 6.05. The van der Waals surface area contributed by atoms with E-state index in [1.165, 1.54) is 21.5 Å². The average molecular weight is 844 g/mol. The van der Waals surface area contributed by atoms with Crippen molar-refractivity contribution in [3.05, 3.63) is 123 Å². The maximum atomic E-state index is 16.1. The number of carbonyl (C=O) groups excluding carboxylic acids is 1. The van der Waals surface area contributed by atoms with E-state index in [9.17, 15) is 10.0 Å². The number of nitrogens with two attached hydrogens (primary N) is 1. The van der Waals surface area contributed by atoms with Crippen LogP contribution < -0.4 is 16.3 Å². The number of benzene rings is 2. The number of imidazole rings is 1. The standard InChI is InChI=1S/C45H47F2N11O4/c1-25-19-29(20-26(2)38(25)46)58-40(57-16-15-56(43(57)60)35-10-9-33-30(39(35)47)21-49-52(33)6)36-27(3)55(14-11-32(36)50-58)41(59)31-23-54-22-28(53-17-18-62-44(4,5)24-53)7-8-34(54)37(31)45(12-13-45)42(48)51-61/h7-10,15-16,19-23,27,61H,11-14,17-18,24H2,1-6H3,(H2,48,51)/t27-/m0/s1. The van der Waals surface area contributed by atoms with Crippen LogP contribution in [0.4, 0.5) is 14.5 Å². The first-order chi connectivity index (χ1) is 29.6. The molecule has 1 amide bonds. The number of oxime groups is 1. The predicted octanol–water partition coefficient (Wildman–Crippen LogP) is 6.00. The second kappa shape index (κ2) is 13.9. The lowest BCUT2D eigenvalue weighted by Crippen LogP contribution is -2.48. The summed E-state index contributed by atoms with van der Waals surface area (Å²) in [6, 6.07) is 9.99. The fourth-order valence-electron chi connectivity index (χ4n) is 9.74. The fourth-order valence-corrected chi connectivity index (χ4v) is 9.74. The van der Waals surface area contributed by atoms with Crippen LogP contribution in [0, 0.1) is 25.5 Å². The van der Waals surface area contributed by atoms with Crippen molar-refractivity contribution in [2.45, 2.75) is 70.9 Å². The molecule has 10 rings (SSSR count). The highest BCUT2D eigenvalue weighted by atomic mass is 19.1. The van der Waals surface area contributed by atoms with Crippen LogP contribution in [0.15, 0.2) is 77.3 Å². The number of amidine groups is 1. The van der Waals surface area contributed by atoms with Crippen LogP contribution in [-0.4, -0.2) is 86.8 Å². The zero-order valence-electron chi connectivity index (χ0n) is 35.4. The molecule has 1 saturated carbocycles. The van der Waals surface area contributed by atoms with Gasteiger partial charge in [0.1, 0.15) is 17.5 Å². The van der Waals surface area contributed by atoms with Gasteiger partial charge < -0.3 is 29.9 Å². The van der Waals surface area contributed by atoms with E-state index in [2.05, 4.69) is 29.0 Å². The summed E-state index contributed by atoms with van der Waals surface area (Å²) in [6.07, 6.45) is 9.87. The number of rotatable bonds is 7. The highest BCUT2D eigenvalue weighted by Crippen LogP contribution is 2.52. The predicted molar refractivity (Wildman–Crippen MR) is 229 cm³/mol. The molecule has 7 heterocycles. The smallest absolute Gasteiger partial charge is 0.338 e. The van der Waals surface area contributed by atoms with E-state index >= 15 is 13.6 Å². The molecule has 62 heavy (non-hydrogen) atoms. The number of ether oxygens (including phenoxy) is 1.